The van der Waals surface area contributed by atoms with Gasteiger partial charge >= 0.3 is 0 Å². The number of imidazole rings is 1. The summed E-state index contributed by atoms with van der Waals surface area (Å²) in [5.74, 6) is 0.161. The first kappa shape index (κ1) is 15.9. The minimum atomic E-state index is 0.161. The quantitative estimate of drug-likeness (QED) is 0.691. The van der Waals surface area contributed by atoms with Crippen molar-refractivity contribution in [3.05, 3.63) is 71.3 Å². The number of allylic oxidation sites excluding steroid dienone is 1. The first-order valence-corrected chi connectivity index (χ1v) is 8.68. The van der Waals surface area contributed by atoms with Gasteiger partial charge in [0.1, 0.15) is 5.65 Å². The Morgan fingerprint density at radius 1 is 1.24 bits per heavy atom. The van der Waals surface area contributed by atoms with Crippen LogP contribution in [0, 0.1) is 6.92 Å². The van der Waals surface area contributed by atoms with Crippen LogP contribution in [0.25, 0.3) is 16.8 Å². The summed E-state index contributed by atoms with van der Waals surface area (Å²) in [5, 5.41) is 0.693. The predicted octanol–water partition coefficient (Wildman–Crippen LogP) is 4.60. The summed E-state index contributed by atoms with van der Waals surface area (Å²) in [6.45, 7) is 2.53. The lowest BCUT2D eigenvalue weighted by atomic mass is 10.0. The molecule has 25 heavy (non-hydrogen) atoms. The van der Waals surface area contributed by atoms with Crippen LogP contribution >= 0.6 is 11.6 Å². The Labute approximate surface area is 151 Å². The van der Waals surface area contributed by atoms with Crippen LogP contribution in [-0.4, -0.2) is 20.2 Å². The summed E-state index contributed by atoms with van der Waals surface area (Å²) in [5.41, 5.74) is 4.94. The highest BCUT2D eigenvalue weighted by molar-refractivity contribution is 6.30. The molecular formula is C20H18ClN3O. The Balaban J connectivity index is 1.82. The van der Waals surface area contributed by atoms with E-state index in [2.05, 4.69) is 11.1 Å². The van der Waals surface area contributed by atoms with E-state index < -0.39 is 0 Å². The number of carbonyl (C=O) groups is 1. The van der Waals surface area contributed by atoms with Gasteiger partial charge < -0.3 is 9.30 Å². The average molecular weight is 352 g/mol. The molecule has 4 nitrogen and oxygen atoms in total. The zero-order chi connectivity index (χ0) is 17.4. The highest BCUT2D eigenvalue weighted by Crippen LogP contribution is 2.28. The maximum atomic E-state index is 12.1. The van der Waals surface area contributed by atoms with E-state index in [1.54, 1.807) is 4.90 Å². The van der Waals surface area contributed by atoms with E-state index in [9.17, 15) is 4.79 Å². The molecule has 0 N–H and O–H groups in total. The van der Waals surface area contributed by atoms with Crippen molar-refractivity contribution in [3.63, 3.8) is 0 Å². The van der Waals surface area contributed by atoms with Gasteiger partial charge in [-0.05, 0) is 42.7 Å². The van der Waals surface area contributed by atoms with Crippen molar-refractivity contribution in [1.82, 2.24) is 14.3 Å². The predicted molar refractivity (Wildman–Crippen MR) is 99.3 cm³/mol. The third-order valence-electron chi connectivity index (χ3n) is 4.35. The van der Waals surface area contributed by atoms with Gasteiger partial charge in [0, 0.05) is 35.6 Å². The van der Waals surface area contributed by atoms with Crippen LogP contribution in [0.1, 0.15) is 24.1 Å². The molecule has 1 aliphatic heterocycles. The van der Waals surface area contributed by atoms with E-state index in [1.807, 2.05) is 60.3 Å². The Bertz CT molecular complexity index is 990. The zero-order valence-electron chi connectivity index (χ0n) is 13.9. The molecule has 4 rings (SSSR count). The van der Waals surface area contributed by atoms with Gasteiger partial charge in [-0.3, -0.25) is 4.79 Å². The van der Waals surface area contributed by atoms with Crippen molar-refractivity contribution in [1.29, 1.82) is 0 Å². The second-order valence-electron chi connectivity index (χ2n) is 6.33. The Morgan fingerprint density at radius 2 is 2.12 bits per heavy atom. The fourth-order valence-corrected chi connectivity index (χ4v) is 3.40. The molecule has 5 heteroatoms. The molecule has 0 radical (unpaired) electrons. The van der Waals surface area contributed by atoms with Crippen molar-refractivity contribution < 1.29 is 4.79 Å². The van der Waals surface area contributed by atoms with Gasteiger partial charge in [-0.15, -0.1) is 0 Å². The Morgan fingerprint density at radius 3 is 2.92 bits per heavy atom. The lowest BCUT2D eigenvalue weighted by Gasteiger charge is -2.22. The van der Waals surface area contributed by atoms with Gasteiger partial charge in [0.25, 0.3) is 0 Å². The highest BCUT2D eigenvalue weighted by atomic mass is 35.5. The van der Waals surface area contributed by atoms with E-state index in [-0.39, 0.29) is 5.91 Å². The molecule has 1 amide bonds. The second-order valence-corrected chi connectivity index (χ2v) is 6.77. The lowest BCUT2D eigenvalue weighted by molar-refractivity contribution is -0.129. The summed E-state index contributed by atoms with van der Waals surface area (Å²) >= 11 is 6.18. The number of pyridine rings is 1. The number of halogens is 1. The maximum Gasteiger partial charge on any atom is 0.227 e. The molecule has 0 unspecified atom stereocenters. The molecule has 0 saturated heterocycles. The van der Waals surface area contributed by atoms with Crippen molar-refractivity contribution in [2.24, 2.45) is 0 Å². The zero-order valence-corrected chi connectivity index (χ0v) is 14.7. The number of hydrogen-bond donors (Lipinski definition) is 0. The topological polar surface area (TPSA) is 37.6 Å². The molecule has 0 atom stereocenters. The number of carbonyl (C=O) groups excluding carboxylic acids is 1. The van der Waals surface area contributed by atoms with Gasteiger partial charge in [0.05, 0.1) is 12.2 Å². The standard InChI is InChI=1S/C20H18ClN3O/c1-14-11-24-13-15(12-23-8-3-2-7-19(23)25)9-18(20(24)22-14)16-5-4-6-17(21)10-16/h3-6,8-11,13H,2,7,12H2,1H3. The van der Waals surface area contributed by atoms with Crippen LogP contribution in [0.3, 0.4) is 0 Å². The van der Waals surface area contributed by atoms with E-state index >= 15 is 0 Å². The normalized spacial score (nSPS) is 14.5. The van der Waals surface area contributed by atoms with Gasteiger partial charge in [-0.2, -0.15) is 0 Å². The molecule has 0 spiro atoms. The summed E-state index contributed by atoms with van der Waals surface area (Å²) < 4.78 is 2.03. The molecule has 1 aromatic carbocycles. The van der Waals surface area contributed by atoms with Crippen molar-refractivity contribution in [2.45, 2.75) is 26.3 Å². The molecule has 3 heterocycles. The minimum absolute atomic E-state index is 0.161. The summed E-state index contributed by atoms with van der Waals surface area (Å²) in [4.78, 5) is 18.5. The number of rotatable bonds is 3. The molecule has 2 aromatic heterocycles. The van der Waals surface area contributed by atoms with Crippen molar-refractivity contribution in [3.8, 4) is 11.1 Å². The van der Waals surface area contributed by atoms with Crippen molar-refractivity contribution >= 4 is 23.2 Å². The van der Waals surface area contributed by atoms with Crippen LogP contribution in [0.5, 0.6) is 0 Å². The molecule has 0 saturated carbocycles. The largest absolute Gasteiger partial charge is 0.315 e. The molecule has 3 aromatic rings. The Kier molecular flexibility index (Phi) is 4.06. The van der Waals surface area contributed by atoms with Gasteiger partial charge in [0.2, 0.25) is 5.91 Å². The summed E-state index contributed by atoms with van der Waals surface area (Å²) in [6.07, 6.45) is 9.36. The number of aryl methyl sites for hydroxylation is 1. The monoisotopic (exact) mass is 351 g/mol. The molecular weight excluding hydrogens is 334 g/mol. The van der Waals surface area contributed by atoms with Crippen LogP contribution < -0.4 is 0 Å². The number of nitrogens with zero attached hydrogens (tertiary/aromatic N) is 3. The van der Waals surface area contributed by atoms with E-state index in [0.29, 0.717) is 18.0 Å². The third kappa shape index (κ3) is 3.17. The van der Waals surface area contributed by atoms with Crippen LogP contribution in [0.4, 0.5) is 0 Å². The molecule has 126 valence electrons. The first-order valence-electron chi connectivity index (χ1n) is 8.30. The van der Waals surface area contributed by atoms with Crippen LogP contribution in [-0.2, 0) is 11.3 Å². The molecule has 0 bridgehead atoms. The van der Waals surface area contributed by atoms with E-state index in [1.165, 1.54) is 0 Å². The maximum absolute atomic E-state index is 12.1. The number of hydrogen-bond acceptors (Lipinski definition) is 2. The van der Waals surface area contributed by atoms with Crippen LogP contribution in [0.2, 0.25) is 5.02 Å². The smallest absolute Gasteiger partial charge is 0.227 e. The number of amides is 1. The number of fused-ring (bicyclic) bond motifs is 1. The summed E-state index contributed by atoms with van der Waals surface area (Å²) in [6, 6.07) is 9.87. The molecule has 0 fully saturated rings. The number of benzene rings is 1. The average Bonchev–Trinajstić information content (AvgIpc) is 2.96. The van der Waals surface area contributed by atoms with E-state index in [4.69, 9.17) is 11.6 Å². The molecule has 0 aliphatic carbocycles. The fourth-order valence-electron chi connectivity index (χ4n) is 3.21. The highest BCUT2D eigenvalue weighted by Gasteiger charge is 2.16. The van der Waals surface area contributed by atoms with Crippen LogP contribution in [0.15, 0.2) is 55.0 Å². The van der Waals surface area contributed by atoms with Gasteiger partial charge in [-0.25, -0.2) is 4.98 Å². The van der Waals surface area contributed by atoms with Gasteiger partial charge in [-0.1, -0.05) is 29.8 Å². The lowest BCUT2D eigenvalue weighted by Crippen LogP contribution is -2.27. The van der Waals surface area contributed by atoms with Gasteiger partial charge in [0.15, 0.2) is 0 Å². The fraction of sp³-hybridized carbons (Fsp3) is 0.200. The number of aromatic nitrogens is 2. The summed E-state index contributed by atoms with van der Waals surface area (Å²) in [7, 11) is 0. The Hall–Kier alpha value is -2.59. The second kappa shape index (κ2) is 6.37. The SMILES string of the molecule is Cc1cn2cc(CN3C=CCCC3=O)cc(-c3cccc(Cl)c3)c2n1. The molecule has 1 aliphatic rings. The minimum Gasteiger partial charge on any atom is -0.315 e. The third-order valence-corrected chi connectivity index (χ3v) is 4.58. The van der Waals surface area contributed by atoms with Crippen molar-refractivity contribution in [2.75, 3.05) is 0 Å². The first-order chi connectivity index (χ1) is 12.1. The van der Waals surface area contributed by atoms with E-state index in [0.717, 1.165) is 34.5 Å².